The van der Waals surface area contributed by atoms with Crippen LogP contribution in [-0.4, -0.2) is 49.9 Å². The Kier molecular flexibility index (Phi) is 5.01. The molecule has 1 aliphatic heterocycles. The molecule has 1 unspecified atom stereocenters. The third kappa shape index (κ3) is 3.74. The lowest BCUT2D eigenvalue weighted by atomic mass is 10.0. The number of piperidine rings is 1. The van der Waals surface area contributed by atoms with Crippen LogP contribution in [0.1, 0.15) is 40.1 Å². The average Bonchev–Trinajstić information content (AvgIpc) is 3.08. The molecule has 1 aliphatic rings. The second kappa shape index (κ2) is 7.38. The summed E-state index contributed by atoms with van der Waals surface area (Å²) in [6, 6.07) is 5.69. The third-order valence-corrected chi connectivity index (χ3v) is 4.35. The molecule has 2 N–H and O–H groups in total. The van der Waals surface area contributed by atoms with E-state index in [9.17, 15) is 19.5 Å². The molecule has 2 amide bonds. The molecule has 0 aliphatic carbocycles. The fourth-order valence-electron chi connectivity index (χ4n) is 3.05. The van der Waals surface area contributed by atoms with E-state index in [2.05, 4.69) is 10.3 Å². The number of aliphatic carboxylic acids is 1. The highest BCUT2D eigenvalue weighted by atomic mass is 16.4. The van der Waals surface area contributed by atoms with E-state index in [-0.39, 0.29) is 17.5 Å². The number of aromatic nitrogens is 2. The van der Waals surface area contributed by atoms with E-state index in [0.717, 1.165) is 12.8 Å². The molecule has 26 heavy (non-hydrogen) atoms. The molecule has 0 saturated carbocycles. The van der Waals surface area contributed by atoms with Crippen molar-refractivity contribution in [1.82, 2.24) is 14.5 Å². The van der Waals surface area contributed by atoms with Gasteiger partial charge in [0, 0.05) is 31.0 Å². The van der Waals surface area contributed by atoms with E-state index in [1.165, 1.54) is 11.2 Å². The van der Waals surface area contributed by atoms with E-state index >= 15 is 0 Å². The number of carbonyl (C=O) groups is 3. The monoisotopic (exact) mass is 356 g/mol. The fraction of sp³-hybridized carbons (Fsp3) is 0.333. The van der Waals surface area contributed by atoms with Crippen molar-refractivity contribution >= 4 is 23.5 Å². The van der Waals surface area contributed by atoms with Crippen LogP contribution < -0.4 is 5.32 Å². The maximum Gasteiger partial charge on any atom is 0.326 e. The Balaban J connectivity index is 1.77. The average molecular weight is 356 g/mol. The topological polar surface area (TPSA) is 105 Å². The van der Waals surface area contributed by atoms with Crippen molar-refractivity contribution in [1.29, 1.82) is 0 Å². The molecule has 0 bridgehead atoms. The molecule has 136 valence electrons. The molecule has 1 atom stereocenters. The standard InChI is InChI=1S/C18H20N4O4/c1-21-10-14(19-11-21)16(23)20-13-6-4-5-12(9-13)17(24)22-8-3-2-7-15(22)18(25)26/h4-6,9-11,15H,2-3,7-8H2,1H3,(H,20,23)(H,25,26). The highest BCUT2D eigenvalue weighted by molar-refractivity contribution is 6.04. The van der Waals surface area contributed by atoms with Gasteiger partial charge < -0.3 is 19.9 Å². The first-order chi connectivity index (χ1) is 12.5. The number of carboxylic acid groups (broad SMARTS) is 1. The Labute approximate surface area is 150 Å². The lowest BCUT2D eigenvalue weighted by Crippen LogP contribution is -2.48. The smallest absolute Gasteiger partial charge is 0.326 e. The molecule has 8 nitrogen and oxygen atoms in total. The molecule has 0 spiro atoms. The van der Waals surface area contributed by atoms with Gasteiger partial charge >= 0.3 is 5.97 Å². The normalized spacial score (nSPS) is 17.0. The Morgan fingerprint density at radius 3 is 2.77 bits per heavy atom. The van der Waals surface area contributed by atoms with Gasteiger partial charge in [-0.1, -0.05) is 6.07 Å². The van der Waals surface area contributed by atoms with E-state index in [1.54, 1.807) is 42.1 Å². The Hall–Kier alpha value is -3.16. The van der Waals surface area contributed by atoms with Gasteiger partial charge in [0.05, 0.1) is 6.33 Å². The number of imidazole rings is 1. The molecule has 1 fully saturated rings. The lowest BCUT2D eigenvalue weighted by molar-refractivity contribution is -0.143. The first kappa shape index (κ1) is 17.7. The third-order valence-electron chi connectivity index (χ3n) is 4.35. The lowest BCUT2D eigenvalue weighted by Gasteiger charge is -2.33. The van der Waals surface area contributed by atoms with E-state index in [0.29, 0.717) is 24.2 Å². The van der Waals surface area contributed by atoms with Crippen molar-refractivity contribution in [2.24, 2.45) is 7.05 Å². The van der Waals surface area contributed by atoms with Crippen LogP contribution in [0.15, 0.2) is 36.8 Å². The van der Waals surface area contributed by atoms with Crippen molar-refractivity contribution in [3.05, 3.63) is 48.0 Å². The number of anilines is 1. The van der Waals surface area contributed by atoms with Crippen molar-refractivity contribution in [2.75, 3.05) is 11.9 Å². The predicted octanol–water partition coefficient (Wildman–Crippen LogP) is 1.75. The summed E-state index contributed by atoms with van der Waals surface area (Å²) in [6.07, 6.45) is 5.15. The number of hydrogen-bond acceptors (Lipinski definition) is 4. The maximum atomic E-state index is 12.8. The molecule has 1 aromatic carbocycles. The highest BCUT2D eigenvalue weighted by Gasteiger charge is 2.32. The number of nitrogens with zero attached hydrogens (tertiary/aromatic N) is 3. The van der Waals surface area contributed by atoms with Gasteiger partial charge in [0.15, 0.2) is 0 Å². The maximum absolute atomic E-state index is 12.8. The minimum atomic E-state index is -0.988. The Morgan fingerprint density at radius 1 is 1.27 bits per heavy atom. The van der Waals surface area contributed by atoms with E-state index in [4.69, 9.17) is 0 Å². The predicted molar refractivity (Wildman–Crippen MR) is 93.9 cm³/mol. The van der Waals surface area contributed by atoms with Crippen LogP contribution in [-0.2, 0) is 11.8 Å². The van der Waals surface area contributed by atoms with E-state index < -0.39 is 12.0 Å². The van der Waals surface area contributed by atoms with Crippen LogP contribution in [0.25, 0.3) is 0 Å². The molecule has 1 aromatic heterocycles. The number of hydrogen-bond donors (Lipinski definition) is 2. The zero-order chi connectivity index (χ0) is 18.7. The minimum Gasteiger partial charge on any atom is -0.480 e. The molecule has 2 aromatic rings. The van der Waals surface area contributed by atoms with Crippen LogP contribution in [0.3, 0.4) is 0 Å². The summed E-state index contributed by atoms with van der Waals surface area (Å²) in [5.74, 6) is -1.71. The molecular formula is C18H20N4O4. The summed E-state index contributed by atoms with van der Waals surface area (Å²) in [5, 5.41) is 12.0. The number of benzene rings is 1. The number of nitrogens with one attached hydrogen (secondary N) is 1. The van der Waals surface area contributed by atoms with Crippen LogP contribution in [0, 0.1) is 0 Å². The van der Waals surface area contributed by atoms with Crippen molar-refractivity contribution in [3.8, 4) is 0 Å². The summed E-state index contributed by atoms with van der Waals surface area (Å²) in [4.78, 5) is 41.7. The van der Waals surface area contributed by atoms with Crippen LogP contribution in [0.5, 0.6) is 0 Å². The Morgan fingerprint density at radius 2 is 2.08 bits per heavy atom. The fourth-order valence-corrected chi connectivity index (χ4v) is 3.05. The first-order valence-electron chi connectivity index (χ1n) is 8.39. The van der Waals surface area contributed by atoms with Crippen LogP contribution in [0.4, 0.5) is 5.69 Å². The van der Waals surface area contributed by atoms with Gasteiger partial charge in [-0.2, -0.15) is 0 Å². The molecule has 1 saturated heterocycles. The Bertz CT molecular complexity index is 845. The molecule has 2 heterocycles. The minimum absolute atomic E-state index is 0.270. The molecule has 0 radical (unpaired) electrons. The largest absolute Gasteiger partial charge is 0.480 e. The summed E-state index contributed by atoms with van der Waals surface area (Å²) in [6.45, 7) is 0.417. The van der Waals surface area contributed by atoms with Gasteiger partial charge in [0.2, 0.25) is 0 Å². The van der Waals surface area contributed by atoms with Crippen molar-refractivity contribution in [3.63, 3.8) is 0 Å². The molecule has 3 rings (SSSR count). The molecule has 8 heteroatoms. The van der Waals surface area contributed by atoms with Crippen LogP contribution in [0.2, 0.25) is 0 Å². The summed E-state index contributed by atoms with van der Waals surface area (Å²) < 4.78 is 1.66. The van der Waals surface area contributed by atoms with Gasteiger partial charge in [-0.05, 0) is 37.5 Å². The number of likely N-dealkylation sites (tertiary alicyclic amines) is 1. The van der Waals surface area contributed by atoms with Gasteiger partial charge in [-0.3, -0.25) is 9.59 Å². The summed E-state index contributed by atoms with van der Waals surface area (Å²) in [5.41, 5.74) is 1.07. The van der Waals surface area contributed by atoms with E-state index in [1.807, 2.05) is 0 Å². The quantitative estimate of drug-likeness (QED) is 0.868. The van der Waals surface area contributed by atoms with Crippen molar-refractivity contribution in [2.45, 2.75) is 25.3 Å². The number of aryl methyl sites for hydroxylation is 1. The first-order valence-corrected chi connectivity index (χ1v) is 8.39. The number of rotatable bonds is 4. The van der Waals surface area contributed by atoms with Crippen LogP contribution >= 0.6 is 0 Å². The van der Waals surface area contributed by atoms with Gasteiger partial charge in [0.1, 0.15) is 11.7 Å². The second-order valence-electron chi connectivity index (χ2n) is 6.31. The highest BCUT2D eigenvalue weighted by Crippen LogP contribution is 2.21. The second-order valence-corrected chi connectivity index (χ2v) is 6.31. The summed E-state index contributed by atoms with van der Waals surface area (Å²) >= 11 is 0. The number of carboxylic acids is 1. The van der Waals surface area contributed by atoms with Gasteiger partial charge in [0.25, 0.3) is 11.8 Å². The van der Waals surface area contributed by atoms with Crippen molar-refractivity contribution < 1.29 is 19.5 Å². The SMILES string of the molecule is Cn1cnc(C(=O)Nc2cccc(C(=O)N3CCCCC3C(=O)O)c2)c1. The number of carbonyl (C=O) groups excluding carboxylic acids is 2. The van der Waals surface area contributed by atoms with Gasteiger partial charge in [-0.25, -0.2) is 9.78 Å². The number of amides is 2. The molecular weight excluding hydrogens is 336 g/mol. The van der Waals surface area contributed by atoms with Gasteiger partial charge in [-0.15, -0.1) is 0 Å². The zero-order valence-corrected chi connectivity index (χ0v) is 14.4. The summed E-state index contributed by atoms with van der Waals surface area (Å²) in [7, 11) is 1.76. The zero-order valence-electron chi connectivity index (χ0n) is 14.4.